The quantitative estimate of drug-likeness (QED) is 0.444. The van der Waals surface area contributed by atoms with Gasteiger partial charge in [0.15, 0.2) is 0 Å². The Morgan fingerprint density at radius 2 is 1.96 bits per heavy atom. The first-order valence-electron chi connectivity index (χ1n) is 8.36. The van der Waals surface area contributed by atoms with Gasteiger partial charge in [-0.3, -0.25) is 14.9 Å². The summed E-state index contributed by atoms with van der Waals surface area (Å²) in [5.74, 6) is -0.313. The van der Waals surface area contributed by atoms with E-state index >= 15 is 0 Å². The summed E-state index contributed by atoms with van der Waals surface area (Å²) in [6.07, 6.45) is 1.38. The predicted octanol–water partition coefficient (Wildman–Crippen LogP) is 2.84. The lowest BCUT2D eigenvalue weighted by molar-refractivity contribution is -0.384. The average Bonchev–Trinajstić information content (AvgIpc) is 2.62. The molecule has 2 aromatic rings. The monoisotopic (exact) mass is 369 g/mol. The number of hydrogen-bond donors (Lipinski definition) is 2. The van der Waals surface area contributed by atoms with Crippen LogP contribution in [-0.4, -0.2) is 37.7 Å². The Kier molecular flexibility index (Phi) is 6.48. The number of hydrazone groups is 1. The van der Waals surface area contributed by atoms with Crippen molar-refractivity contribution in [1.82, 2.24) is 5.43 Å². The Labute approximate surface area is 158 Å². The zero-order valence-corrected chi connectivity index (χ0v) is 15.8. The maximum Gasteiger partial charge on any atom is 0.293 e. The van der Waals surface area contributed by atoms with E-state index in [1.54, 1.807) is 31.1 Å². The highest BCUT2D eigenvalue weighted by Gasteiger charge is 2.15. The molecule has 0 saturated carbocycles. The molecule has 2 N–H and O–H groups in total. The van der Waals surface area contributed by atoms with E-state index in [9.17, 15) is 14.9 Å². The van der Waals surface area contributed by atoms with Crippen molar-refractivity contribution >= 4 is 29.2 Å². The van der Waals surface area contributed by atoms with Crippen LogP contribution in [-0.2, 0) is 4.79 Å². The molecule has 0 aliphatic carbocycles. The van der Waals surface area contributed by atoms with Crippen LogP contribution >= 0.6 is 0 Å². The van der Waals surface area contributed by atoms with E-state index in [1.165, 1.54) is 12.3 Å². The second kappa shape index (κ2) is 8.79. The van der Waals surface area contributed by atoms with Crippen LogP contribution in [0.5, 0.6) is 0 Å². The summed E-state index contributed by atoms with van der Waals surface area (Å²) >= 11 is 0. The van der Waals surface area contributed by atoms with Gasteiger partial charge in [0.2, 0.25) is 0 Å². The number of aryl methyl sites for hydroxylation is 2. The van der Waals surface area contributed by atoms with Crippen LogP contribution < -0.4 is 15.6 Å². The highest BCUT2D eigenvalue weighted by molar-refractivity contribution is 5.86. The van der Waals surface area contributed by atoms with Crippen LogP contribution in [0.2, 0.25) is 0 Å². The fraction of sp³-hybridized carbons (Fsp3) is 0.263. The lowest BCUT2D eigenvalue weighted by atomic mass is 10.1. The molecule has 0 aliphatic heterocycles. The Hall–Kier alpha value is -3.42. The summed E-state index contributed by atoms with van der Waals surface area (Å²) in [6.45, 7) is 4.01. The molecular weight excluding hydrogens is 346 g/mol. The van der Waals surface area contributed by atoms with E-state index in [4.69, 9.17) is 0 Å². The number of amides is 1. The van der Waals surface area contributed by atoms with E-state index in [1.807, 2.05) is 32.0 Å². The number of nitrogens with zero attached hydrogens (tertiary/aromatic N) is 3. The van der Waals surface area contributed by atoms with Crippen molar-refractivity contribution in [2.45, 2.75) is 13.8 Å². The Morgan fingerprint density at radius 3 is 2.63 bits per heavy atom. The minimum absolute atomic E-state index is 0.0214. The number of carbonyl (C=O) groups excluding carboxylic acids is 1. The summed E-state index contributed by atoms with van der Waals surface area (Å²) in [4.78, 5) is 24.3. The van der Waals surface area contributed by atoms with E-state index in [2.05, 4.69) is 15.8 Å². The topological polar surface area (TPSA) is 99.9 Å². The van der Waals surface area contributed by atoms with Gasteiger partial charge in [0.1, 0.15) is 5.69 Å². The number of nitro groups is 1. The van der Waals surface area contributed by atoms with Gasteiger partial charge in [0, 0.05) is 31.4 Å². The first-order chi connectivity index (χ1) is 12.8. The molecule has 0 bridgehead atoms. The van der Waals surface area contributed by atoms with Crippen LogP contribution in [0.15, 0.2) is 41.5 Å². The van der Waals surface area contributed by atoms with Gasteiger partial charge in [0.05, 0.1) is 17.7 Å². The molecule has 0 aliphatic rings. The number of carbonyl (C=O) groups is 1. The molecule has 0 radical (unpaired) electrons. The van der Waals surface area contributed by atoms with Crippen LogP contribution in [0.25, 0.3) is 0 Å². The molecule has 2 rings (SSSR count). The molecule has 0 saturated heterocycles. The Bertz CT molecular complexity index is 878. The fourth-order valence-electron chi connectivity index (χ4n) is 2.47. The zero-order chi connectivity index (χ0) is 20.0. The second-order valence-electron chi connectivity index (χ2n) is 6.36. The molecule has 2 aromatic carbocycles. The molecule has 8 heteroatoms. The number of nitro benzene ring substituents is 1. The van der Waals surface area contributed by atoms with Gasteiger partial charge in [-0.25, -0.2) is 5.43 Å². The SMILES string of the molecule is Cc1ccc(C)c(NCC(=O)N/N=C/c2ccc(N(C)C)c([N+](=O)[O-])c2)c1. The first kappa shape index (κ1) is 19.9. The number of benzene rings is 2. The highest BCUT2D eigenvalue weighted by Crippen LogP contribution is 2.27. The standard InChI is InChI=1S/C19H23N5O3/c1-13-5-6-14(2)16(9-13)20-12-19(25)22-21-11-15-7-8-17(23(3)4)18(10-15)24(26)27/h5-11,20H,12H2,1-4H3,(H,22,25)/b21-11+. The predicted molar refractivity (Wildman–Crippen MR) is 108 cm³/mol. The van der Waals surface area contributed by atoms with Gasteiger partial charge in [-0.05, 0) is 37.1 Å². The summed E-state index contributed by atoms with van der Waals surface area (Å²) in [6, 6.07) is 10.7. The summed E-state index contributed by atoms with van der Waals surface area (Å²) in [5, 5.41) is 18.1. The van der Waals surface area contributed by atoms with E-state index in [0.717, 1.165) is 16.8 Å². The van der Waals surface area contributed by atoms with Crippen molar-refractivity contribution in [3.05, 3.63) is 63.2 Å². The van der Waals surface area contributed by atoms with Crippen LogP contribution in [0.1, 0.15) is 16.7 Å². The fourth-order valence-corrected chi connectivity index (χ4v) is 2.47. The smallest absolute Gasteiger partial charge is 0.293 e. The van der Waals surface area contributed by atoms with Crippen molar-refractivity contribution in [2.75, 3.05) is 30.9 Å². The molecule has 0 spiro atoms. The summed E-state index contributed by atoms with van der Waals surface area (Å²) < 4.78 is 0. The Morgan fingerprint density at radius 1 is 1.22 bits per heavy atom. The normalized spacial score (nSPS) is 10.7. The molecule has 1 amide bonds. The molecule has 27 heavy (non-hydrogen) atoms. The molecule has 0 atom stereocenters. The second-order valence-corrected chi connectivity index (χ2v) is 6.36. The summed E-state index contributed by atoms with van der Waals surface area (Å²) in [5.41, 5.74) is 6.45. The van der Waals surface area contributed by atoms with Gasteiger partial charge < -0.3 is 10.2 Å². The first-order valence-corrected chi connectivity index (χ1v) is 8.36. The number of rotatable bonds is 7. The zero-order valence-electron chi connectivity index (χ0n) is 15.8. The molecule has 8 nitrogen and oxygen atoms in total. The average molecular weight is 369 g/mol. The van der Waals surface area contributed by atoms with Gasteiger partial charge in [-0.15, -0.1) is 0 Å². The van der Waals surface area contributed by atoms with Crippen LogP contribution in [0.4, 0.5) is 17.1 Å². The third-order valence-corrected chi connectivity index (χ3v) is 3.91. The third kappa shape index (κ3) is 5.53. The Balaban J connectivity index is 1.96. The van der Waals surface area contributed by atoms with Crippen molar-refractivity contribution in [2.24, 2.45) is 5.10 Å². The van der Waals surface area contributed by atoms with Crippen LogP contribution in [0.3, 0.4) is 0 Å². The van der Waals surface area contributed by atoms with Gasteiger partial charge in [0.25, 0.3) is 11.6 Å². The minimum atomic E-state index is -0.445. The van der Waals surface area contributed by atoms with Gasteiger partial charge >= 0.3 is 0 Å². The highest BCUT2D eigenvalue weighted by atomic mass is 16.6. The lowest BCUT2D eigenvalue weighted by Crippen LogP contribution is -2.26. The van der Waals surface area contributed by atoms with Crippen molar-refractivity contribution < 1.29 is 9.72 Å². The number of nitrogens with one attached hydrogen (secondary N) is 2. The minimum Gasteiger partial charge on any atom is -0.376 e. The molecular formula is C19H23N5O3. The van der Waals surface area contributed by atoms with E-state index < -0.39 is 4.92 Å². The molecule has 0 aromatic heterocycles. The van der Waals surface area contributed by atoms with E-state index in [-0.39, 0.29) is 18.1 Å². The van der Waals surface area contributed by atoms with Gasteiger partial charge in [-0.1, -0.05) is 18.2 Å². The lowest BCUT2D eigenvalue weighted by Gasteiger charge is -2.12. The number of hydrogen-bond acceptors (Lipinski definition) is 6. The molecule has 0 fully saturated rings. The maximum absolute atomic E-state index is 11.9. The third-order valence-electron chi connectivity index (χ3n) is 3.91. The van der Waals surface area contributed by atoms with Crippen molar-refractivity contribution in [3.63, 3.8) is 0 Å². The van der Waals surface area contributed by atoms with Crippen molar-refractivity contribution in [1.29, 1.82) is 0 Å². The number of anilines is 2. The maximum atomic E-state index is 11.9. The van der Waals surface area contributed by atoms with E-state index in [0.29, 0.717) is 11.3 Å². The van der Waals surface area contributed by atoms with Crippen LogP contribution in [0, 0.1) is 24.0 Å². The molecule has 142 valence electrons. The van der Waals surface area contributed by atoms with Crippen molar-refractivity contribution in [3.8, 4) is 0 Å². The molecule has 0 unspecified atom stereocenters. The molecule has 0 heterocycles. The summed E-state index contributed by atoms with van der Waals surface area (Å²) in [7, 11) is 3.47. The largest absolute Gasteiger partial charge is 0.376 e. The van der Waals surface area contributed by atoms with Gasteiger partial charge in [-0.2, -0.15) is 5.10 Å².